The van der Waals surface area contributed by atoms with Gasteiger partial charge in [-0.25, -0.2) is 0 Å². The molecule has 0 bridgehead atoms. The van der Waals surface area contributed by atoms with E-state index in [-0.39, 0.29) is 6.29 Å². The minimum Gasteiger partial charge on any atom is -0.478 e. The monoisotopic (exact) mass is 146 g/mol. The molecule has 0 rings (SSSR count). The zero-order valence-electron chi connectivity index (χ0n) is 6.68. The largest absolute Gasteiger partial charge is 0.478 e. The van der Waals surface area contributed by atoms with E-state index in [0.717, 1.165) is 6.42 Å². The fourth-order valence-corrected chi connectivity index (χ4v) is 1.53. The van der Waals surface area contributed by atoms with Crippen LogP contribution in [0.4, 0.5) is 0 Å². The average molecular weight is 146 g/mol. The summed E-state index contributed by atoms with van der Waals surface area (Å²) in [5.74, 6) is 4.28. The number of ether oxygens (including phenoxy) is 1. The van der Waals surface area contributed by atoms with Crippen molar-refractivity contribution in [3.63, 3.8) is 0 Å². The third-order valence-corrected chi connectivity index (χ3v) is 1.87. The SMILES string of the molecule is CCC(OC)[O][Al]([CH3])[CH3]. The first-order chi connectivity index (χ1) is 4.20. The molecule has 1 unspecified atom stereocenters. The van der Waals surface area contributed by atoms with Gasteiger partial charge in [0.25, 0.3) is 0 Å². The number of methoxy groups -OCH3 is 1. The van der Waals surface area contributed by atoms with Gasteiger partial charge >= 0.3 is 14.5 Å². The summed E-state index contributed by atoms with van der Waals surface area (Å²) < 4.78 is 10.5. The van der Waals surface area contributed by atoms with Gasteiger partial charge in [0.1, 0.15) is 6.29 Å². The topological polar surface area (TPSA) is 18.5 Å². The smallest absolute Gasteiger partial charge is 0.455 e. The molecular weight excluding hydrogens is 131 g/mol. The minimum absolute atomic E-state index is 0.0386. The molecule has 54 valence electrons. The fourth-order valence-electron chi connectivity index (χ4n) is 0.622. The van der Waals surface area contributed by atoms with Crippen molar-refractivity contribution in [2.24, 2.45) is 0 Å². The maximum Gasteiger partial charge on any atom is 0.455 e. The van der Waals surface area contributed by atoms with E-state index in [1.807, 2.05) is 0 Å². The first kappa shape index (κ1) is 9.45. The first-order valence-electron chi connectivity index (χ1n) is 3.39. The number of hydrogen-bond acceptors (Lipinski definition) is 2. The van der Waals surface area contributed by atoms with Crippen molar-refractivity contribution in [2.45, 2.75) is 31.2 Å². The van der Waals surface area contributed by atoms with Gasteiger partial charge in [0, 0.05) is 7.11 Å². The van der Waals surface area contributed by atoms with Crippen molar-refractivity contribution in [1.29, 1.82) is 0 Å². The molecule has 0 radical (unpaired) electrons. The molecule has 0 aliphatic carbocycles. The fraction of sp³-hybridized carbons (Fsp3) is 1.00. The molecule has 0 amide bonds. The van der Waals surface area contributed by atoms with Crippen LogP contribution < -0.4 is 0 Å². The summed E-state index contributed by atoms with van der Waals surface area (Å²) in [6, 6.07) is 0. The van der Waals surface area contributed by atoms with Gasteiger partial charge in [-0.1, -0.05) is 18.5 Å². The van der Waals surface area contributed by atoms with Crippen LogP contribution in [-0.4, -0.2) is 27.9 Å². The highest BCUT2D eigenvalue weighted by atomic mass is 27.2. The summed E-state index contributed by atoms with van der Waals surface area (Å²) in [6.07, 6.45) is 0.985. The van der Waals surface area contributed by atoms with Crippen molar-refractivity contribution >= 4 is 14.5 Å². The predicted molar refractivity (Wildman–Crippen MR) is 39.7 cm³/mol. The molecule has 0 heterocycles. The lowest BCUT2D eigenvalue weighted by atomic mass is 10.5. The van der Waals surface area contributed by atoms with Crippen molar-refractivity contribution in [3.8, 4) is 0 Å². The van der Waals surface area contributed by atoms with Crippen LogP contribution in [0.2, 0.25) is 11.6 Å². The molecule has 3 heteroatoms. The highest BCUT2D eigenvalue weighted by Gasteiger charge is 2.10. The lowest BCUT2D eigenvalue weighted by Gasteiger charge is -2.15. The van der Waals surface area contributed by atoms with Gasteiger partial charge in [-0.15, -0.1) is 0 Å². The summed E-state index contributed by atoms with van der Waals surface area (Å²) in [5, 5.41) is 0. The van der Waals surface area contributed by atoms with E-state index >= 15 is 0 Å². The Kier molecular flexibility index (Phi) is 5.52. The van der Waals surface area contributed by atoms with E-state index in [4.69, 9.17) is 8.53 Å². The molecule has 9 heavy (non-hydrogen) atoms. The van der Waals surface area contributed by atoms with Crippen molar-refractivity contribution in [3.05, 3.63) is 0 Å². The van der Waals surface area contributed by atoms with E-state index in [9.17, 15) is 0 Å². The normalized spacial score (nSPS) is 13.3. The summed E-state index contributed by atoms with van der Waals surface area (Å²) in [6.45, 7) is 2.06. The second-order valence-electron chi connectivity index (χ2n) is 2.26. The van der Waals surface area contributed by atoms with E-state index in [2.05, 4.69) is 18.5 Å². The average Bonchev–Trinajstić information content (AvgIpc) is 1.82. The van der Waals surface area contributed by atoms with E-state index < -0.39 is 14.5 Å². The quantitative estimate of drug-likeness (QED) is 0.443. The van der Waals surface area contributed by atoms with Gasteiger partial charge in [0.05, 0.1) is 0 Å². The van der Waals surface area contributed by atoms with Crippen LogP contribution in [0.1, 0.15) is 13.3 Å². The third kappa shape index (κ3) is 4.93. The Labute approximate surface area is 61.9 Å². The number of rotatable bonds is 4. The van der Waals surface area contributed by atoms with Crippen molar-refractivity contribution in [2.75, 3.05) is 7.11 Å². The van der Waals surface area contributed by atoms with Gasteiger partial charge < -0.3 is 8.53 Å². The Morgan fingerprint density at radius 1 is 1.44 bits per heavy atom. The van der Waals surface area contributed by atoms with Crippen LogP contribution in [0.25, 0.3) is 0 Å². The van der Waals surface area contributed by atoms with Crippen LogP contribution in [0.5, 0.6) is 0 Å². The summed E-state index contributed by atoms with van der Waals surface area (Å²) in [5.41, 5.74) is 0. The molecule has 2 nitrogen and oxygen atoms in total. The van der Waals surface area contributed by atoms with Gasteiger partial charge in [0.15, 0.2) is 0 Å². The maximum absolute atomic E-state index is 5.47. The van der Waals surface area contributed by atoms with Gasteiger partial charge in [0.2, 0.25) is 0 Å². The molecule has 0 aromatic heterocycles. The molecule has 1 atom stereocenters. The van der Waals surface area contributed by atoms with Crippen molar-refractivity contribution in [1.82, 2.24) is 0 Å². The van der Waals surface area contributed by atoms with E-state index in [1.54, 1.807) is 7.11 Å². The zero-order chi connectivity index (χ0) is 7.28. The Balaban J connectivity index is 3.31. The second kappa shape index (κ2) is 5.25. The Bertz CT molecular complexity index is 62.1. The lowest BCUT2D eigenvalue weighted by molar-refractivity contribution is -0.0567. The molecule has 0 saturated carbocycles. The molecule has 0 N–H and O–H groups in total. The molecule has 0 spiro atoms. The lowest BCUT2D eigenvalue weighted by Crippen LogP contribution is -2.21. The van der Waals surface area contributed by atoms with E-state index in [0.29, 0.717) is 0 Å². The Morgan fingerprint density at radius 3 is 2.11 bits per heavy atom. The van der Waals surface area contributed by atoms with Crippen LogP contribution in [0.15, 0.2) is 0 Å². The zero-order valence-corrected chi connectivity index (χ0v) is 7.83. The van der Waals surface area contributed by atoms with Gasteiger partial charge in [-0.3, -0.25) is 0 Å². The second-order valence-corrected chi connectivity index (χ2v) is 4.63. The maximum atomic E-state index is 5.47. The van der Waals surface area contributed by atoms with Crippen LogP contribution in [0.3, 0.4) is 0 Å². The van der Waals surface area contributed by atoms with E-state index in [1.165, 1.54) is 0 Å². The molecule has 0 aliphatic rings. The third-order valence-electron chi connectivity index (χ3n) is 1.02. The summed E-state index contributed by atoms with van der Waals surface area (Å²) in [4.78, 5) is 0. The Morgan fingerprint density at radius 2 is 2.00 bits per heavy atom. The molecular formula is C6H15AlO2. The van der Waals surface area contributed by atoms with Crippen LogP contribution >= 0.6 is 0 Å². The standard InChI is InChI=1S/C4H9O2.2CH3.Al/c1-3-4(5)6-2;;;/h4H,3H2,1-2H3;2*1H3;/q-1;;;+1. The molecule has 0 fully saturated rings. The highest BCUT2D eigenvalue weighted by molar-refractivity contribution is 6.48. The van der Waals surface area contributed by atoms with Crippen molar-refractivity contribution < 1.29 is 8.53 Å². The van der Waals surface area contributed by atoms with Crippen LogP contribution in [0, 0.1) is 0 Å². The molecule has 0 aliphatic heterocycles. The summed E-state index contributed by atoms with van der Waals surface area (Å²) in [7, 11) is 1.69. The van der Waals surface area contributed by atoms with Crippen LogP contribution in [-0.2, 0) is 8.53 Å². The first-order valence-corrected chi connectivity index (χ1v) is 6.17. The number of hydrogen-bond donors (Lipinski definition) is 0. The molecule has 0 aromatic carbocycles. The van der Waals surface area contributed by atoms with Gasteiger partial charge in [-0.2, -0.15) is 0 Å². The van der Waals surface area contributed by atoms with Gasteiger partial charge in [-0.05, 0) is 6.42 Å². The predicted octanol–water partition coefficient (Wildman–Crippen LogP) is 1.64. The summed E-state index contributed by atoms with van der Waals surface area (Å²) >= 11 is -0.889. The minimum atomic E-state index is -0.889. The molecule has 0 aromatic rings. The Hall–Kier alpha value is 0.452. The highest BCUT2D eigenvalue weighted by Crippen LogP contribution is 1.99. The molecule has 0 saturated heterocycles.